The summed E-state index contributed by atoms with van der Waals surface area (Å²) < 4.78 is 5.17. The molecule has 6 rings (SSSR count). The molecular formula is C33H25NO3. The maximum absolute atomic E-state index is 13.9. The average molecular weight is 484 g/mol. The molecule has 0 saturated heterocycles. The van der Waals surface area contributed by atoms with Gasteiger partial charge < -0.3 is 10.1 Å². The number of rotatable bonds is 5. The van der Waals surface area contributed by atoms with Crippen LogP contribution in [0.4, 0.5) is 0 Å². The van der Waals surface area contributed by atoms with E-state index in [4.69, 9.17) is 4.74 Å². The molecule has 0 aliphatic rings. The van der Waals surface area contributed by atoms with E-state index in [-0.39, 0.29) is 5.91 Å². The number of ether oxygens (including phenoxy) is 1. The fraction of sp³-hybridized carbons (Fsp3) is 0.0909. The molecular weight excluding hydrogens is 458 g/mol. The molecule has 0 unspecified atom stereocenters. The monoisotopic (exact) mass is 483 g/mol. The molecule has 1 N–H and O–H groups in total. The molecule has 1 amide bonds. The second-order valence-corrected chi connectivity index (χ2v) is 9.24. The lowest BCUT2D eigenvalue weighted by Gasteiger charge is -2.20. The van der Waals surface area contributed by atoms with E-state index < -0.39 is 12.0 Å². The van der Waals surface area contributed by atoms with Crippen molar-refractivity contribution in [2.24, 2.45) is 0 Å². The normalized spacial score (nSPS) is 12.1. The van der Waals surface area contributed by atoms with Crippen LogP contribution in [-0.4, -0.2) is 25.0 Å². The van der Waals surface area contributed by atoms with E-state index >= 15 is 0 Å². The smallest absolute Gasteiger partial charge is 0.328 e. The molecule has 1 atom stereocenters. The summed E-state index contributed by atoms with van der Waals surface area (Å²) in [6.45, 7) is 0. The topological polar surface area (TPSA) is 55.4 Å². The number of nitrogens with one attached hydrogen (secondary N) is 1. The Balaban J connectivity index is 1.47. The Morgan fingerprint density at radius 2 is 1.05 bits per heavy atom. The van der Waals surface area contributed by atoms with Gasteiger partial charge in [-0.3, -0.25) is 4.79 Å². The van der Waals surface area contributed by atoms with Crippen molar-refractivity contribution in [1.82, 2.24) is 5.32 Å². The molecule has 4 heteroatoms. The lowest BCUT2D eigenvalue weighted by atomic mass is 9.92. The molecule has 0 saturated carbocycles. The average Bonchev–Trinajstić information content (AvgIpc) is 2.94. The van der Waals surface area contributed by atoms with E-state index in [0.29, 0.717) is 12.0 Å². The first kappa shape index (κ1) is 22.7. The van der Waals surface area contributed by atoms with Crippen molar-refractivity contribution in [2.45, 2.75) is 12.5 Å². The van der Waals surface area contributed by atoms with E-state index in [0.717, 1.165) is 48.7 Å². The number of carbonyl (C=O) groups excluding carboxylic acids is 2. The van der Waals surface area contributed by atoms with Gasteiger partial charge in [-0.05, 0) is 60.8 Å². The summed E-state index contributed by atoms with van der Waals surface area (Å²) >= 11 is 0. The molecule has 0 aliphatic carbocycles. The van der Waals surface area contributed by atoms with Gasteiger partial charge in [-0.15, -0.1) is 0 Å². The third kappa shape index (κ3) is 4.07. The summed E-state index contributed by atoms with van der Waals surface area (Å²) in [4.78, 5) is 26.9. The molecule has 0 heterocycles. The van der Waals surface area contributed by atoms with Gasteiger partial charge in [0.1, 0.15) is 6.04 Å². The van der Waals surface area contributed by atoms with Gasteiger partial charge >= 0.3 is 5.97 Å². The second-order valence-electron chi connectivity index (χ2n) is 9.24. The maximum atomic E-state index is 13.9. The van der Waals surface area contributed by atoms with Crippen LogP contribution >= 0.6 is 0 Å². The SMILES string of the molecule is COC(=O)[C@@H](Cc1c2ccccc2cc2ccccc12)NC(=O)c1c2ccccc2cc2ccccc12. The van der Waals surface area contributed by atoms with Crippen LogP contribution < -0.4 is 5.32 Å². The summed E-state index contributed by atoms with van der Waals surface area (Å²) in [5, 5.41) is 11.0. The van der Waals surface area contributed by atoms with E-state index in [2.05, 4.69) is 41.7 Å². The Labute approximate surface area is 214 Å². The van der Waals surface area contributed by atoms with E-state index in [1.807, 2.05) is 72.8 Å². The first-order valence-corrected chi connectivity index (χ1v) is 12.3. The summed E-state index contributed by atoms with van der Waals surface area (Å²) in [7, 11) is 1.36. The molecule has 0 aliphatic heterocycles. The van der Waals surface area contributed by atoms with Crippen molar-refractivity contribution in [3.05, 3.63) is 120 Å². The summed E-state index contributed by atoms with van der Waals surface area (Å²) in [6.07, 6.45) is 0.309. The number of amides is 1. The summed E-state index contributed by atoms with van der Waals surface area (Å²) in [5.41, 5.74) is 1.57. The van der Waals surface area contributed by atoms with Crippen LogP contribution in [0.3, 0.4) is 0 Å². The van der Waals surface area contributed by atoms with Gasteiger partial charge in [0, 0.05) is 6.42 Å². The zero-order valence-corrected chi connectivity index (χ0v) is 20.4. The Bertz CT molecular complexity index is 1710. The van der Waals surface area contributed by atoms with Crippen LogP contribution in [0.2, 0.25) is 0 Å². The van der Waals surface area contributed by atoms with E-state index in [1.165, 1.54) is 7.11 Å². The maximum Gasteiger partial charge on any atom is 0.328 e. The van der Waals surface area contributed by atoms with Crippen LogP contribution in [0.5, 0.6) is 0 Å². The molecule has 180 valence electrons. The van der Waals surface area contributed by atoms with Crippen molar-refractivity contribution >= 4 is 55.0 Å². The number of carbonyl (C=O) groups is 2. The highest BCUT2D eigenvalue weighted by atomic mass is 16.5. The van der Waals surface area contributed by atoms with Crippen LogP contribution in [0.25, 0.3) is 43.1 Å². The zero-order chi connectivity index (χ0) is 25.4. The lowest BCUT2D eigenvalue weighted by molar-refractivity contribution is -0.142. The number of hydrogen-bond donors (Lipinski definition) is 1. The van der Waals surface area contributed by atoms with Crippen molar-refractivity contribution in [3.8, 4) is 0 Å². The van der Waals surface area contributed by atoms with Gasteiger partial charge in [0.25, 0.3) is 5.91 Å². The predicted octanol–water partition coefficient (Wildman–Crippen LogP) is 6.81. The summed E-state index contributed by atoms with van der Waals surface area (Å²) in [6, 6.07) is 35.3. The molecule has 37 heavy (non-hydrogen) atoms. The largest absolute Gasteiger partial charge is 0.467 e. The van der Waals surface area contributed by atoms with Gasteiger partial charge in [0.05, 0.1) is 12.7 Å². The molecule has 0 spiro atoms. The Morgan fingerprint density at radius 1 is 0.649 bits per heavy atom. The van der Waals surface area contributed by atoms with Crippen molar-refractivity contribution in [1.29, 1.82) is 0 Å². The van der Waals surface area contributed by atoms with Crippen molar-refractivity contribution in [3.63, 3.8) is 0 Å². The van der Waals surface area contributed by atoms with Crippen LogP contribution in [0, 0.1) is 0 Å². The molecule has 4 nitrogen and oxygen atoms in total. The highest BCUT2D eigenvalue weighted by molar-refractivity contribution is 6.18. The van der Waals surface area contributed by atoms with Gasteiger partial charge in [0.2, 0.25) is 0 Å². The fourth-order valence-electron chi connectivity index (χ4n) is 5.36. The quantitative estimate of drug-likeness (QED) is 0.216. The minimum atomic E-state index is -0.857. The van der Waals surface area contributed by atoms with Crippen LogP contribution in [-0.2, 0) is 16.0 Å². The lowest BCUT2D eigenvalue weighted by Crippen LogP contribution is -2.43. The fourth-order valence-corrected chi connectivity index (χ4v) is 5.36. The standard InChI is InChI=1S/C33H25NO3/c1-37-33(36)30(20-29-25-14-6-2-10-21(25)18-22-11-3-7-15-26(22)29)34-32(35)31-27-16-8-4-12-23(27)19-24-13-5-9-17-28(24)31/h2-19,30H,20H2,1H3,(H,34,35)/t30-/m1/s1. The van der Waals surface area contributed by atoms with Crippen molar-refractivity contribution in [2.75, 3.05) is 7.11 Å². The molecule has 6 aromatic rings. The molecule has 6 aromatic carbocycles. The number of benzene rings is 6. The Hall–Kier alpha value is -4.70. The number of fused-ring (bicyclic) bond motifs is 4. The molecule has 0 aromatic heterocycles. The first-order valence-electron chi connectivity index (χ1n) is 12.3. The minimum Gasteiger partial charge on any atom is -0.467 e. The number of esters is 1. The third-order valence-corrected chi connectivity index (χ3v) is 7.08. The van der Waals surface area contributed by atoms with Gasteiger partial charge in [-0.2, -0.15) is 0 Å². The van der Waals surface area contributed by atoms with Gasteiger partial charge in [0.15, 0.2) is 0 Å². The predicted molar refractivity (Wildman–Crippen MR) is 150 cm³/mol. The van der Waals surface area contributed by atoms with E-state index in [9.17, 15) is 9.59 Å². The Morgan fingerprint density at radius 3 is 1.51 bits per heavy atom. The number of methoxy groups -OCH3 is 1. The molecule has 0 bridgehead atoms. The minimum absolute atomic E-state index is 0.298. The van der Waals surface area contributed by atoms with Crippen molar-refractivity contribution < 1.29 is 14.3 Å². The molecule has 0 fully saturated rings. The summed E-state index contributed by atoms with van der Waals surface area (Å²) in [5.74, 6) is -0.775. The zero-order valence-electron chi connectivity index (χ0n) is 20.4. The second kappa shape index (κ2) is 9.40. The van der Waals surface area contributed by atoms with E-state index in [1.54, 1.807) is 0 Å². The third-order valence-electron chi connectivity index (χ3n) is 7.08. The highest BCUT2D eigenvalue weighted by Crippen LogP contribution is 2.31. The van der Waals surface area contributed by atoms with Gasteiger partial charge in [-0.1, -0.05) is 97.1 Å². The Kier molecular flexibility index (Phi) is 5.78. The molecule has 0 radical (unpaired) electrons. The van der Waals surface area contributed by atoms with Crippen LogP contribution in [0.15, 0.2) is 109 Å². The highest BCUT2D eigenvalue weighted by Gasteiger charge is 2.26. The number of hydrogen-bond acceptors (Lipinski definition) is 3. The van der Waals surface area contributed by atoms with Crippen LogP contribution in [0.1, 0.15) is 15.9 Å². The van der Waals surface area contributed by atoms with Gasteiger partial charge in [-0.25, -0.2) is 4.79 Å². The first-order chi connectivity index (χ1) is 18.1.